The van der Waals surface area contributed by atoms with Gasteiger partial charge in [0.25, 0.3) is 5.92 Å². The highest BCUT2D eigenvalue weighted by Crippen LogP contribution is 2.58. The van der Waals surface area contributed by atoms with Gasteiger partial charge in [-0.3, -0.25) is 4.79 Å². The minimum absolute atomic E-state index is 0.0351. The van der Waals surface area contributed by atoms with Gasteiger partial charge in [0.1, 0.15) is 11.9 Å². The number of hydrazine groups is 1. The Kier molecular flexibility index (Phi) is 3.86. The van der Waals surface area contributed by atoms with E-state index in [0.717, 1.165) is 5.01 Å². The van der Waals surface area contributed by atoms with E-state index < -0.39 is 35.7 Å². The Morgan fingerprint density at radius 1 is 1.52 bits per heavy atom. The molecular formula is C13H22F2N4O2. The van der Waals surface area contributed by atoms with Crippen LogP contribution in [0, 0.1) is 17.3 Å². The van der Waals surface area contributed by atoms with Gasteiger partial charge in [-0.05, 0) is 13.3 Å². The summed E-state index contributed by atoms with van der Waals surface area (Å²) in [6, 6.07) is 0. The molecule has 2 aliphatic rings. The second-order valence-corrected chi connectivity index (χ2v) is 6.28. The van der Waals surface area contributed by atoms with Crippen LogP contribution in [0.5, 0.6) is 0 Å². The second kappa shape index (κ2) is 5.08. The van der Waals surface area contributed by atoms with E-state index in [2.05, 4.69) is 5.10 Å². The van der Waals surface area contributed by atoms with Crippen molar-refractivity contribution in [2.75, 3.05) is 7.05 Å². The fraction of sp³-hybridized carbons (Fsp3) is 0.846. The molecule has 0 spiro atoms. The molecule has 0 amide bonds. The van der Waals surface area contributed by atoms with Crippen molar-refractivity contribution in [3.05, 3.63) is 0 Å². The lowest BCUT2D eigenvalue weighted by atomic mass is 9.60. The van der Waals surface area contributed by atoms with E-state index in [4.69, 9.17) is 16.4 Å². The number of nitrogens with two attached hydrogens (primary N) is 2. The lowest BCUT2D eigenvalue weighted by Crippen LogP contribution is -2.51. The third kappa shape index (κ3) is 2.45. The van der Waals surface area contributed by atoms with Crippen LogP contribution in [0.3, 0.4) is 0 Å². The molecule has 0 radical (unpaired) electrons. The summed E-state index contributed by atoms with van der Waals surface area (Å²) < 4.78 is 33.7. The predicted molar refractivity (Wildman–Crippen MR) is 73.0 cm³/mol. The Labute approximate surface area is 122 Å². The number of cyclic esters (lactones) is 1. The number of ether oxygens (including phenoxy) is 1. The number of amidine groups is 1. The Balaban J connectivity index is 2.41. The molecule has 4 unspecified atom stereocenters. The zero-order chi connectivity index (χ0) is 16.0. The average molecular weight is 304 g/mol. The lowest BCUT2D eigenvalue weighted by Gasteiger charge is -2.43. The van der Waals surface area contributed by atoms with Crippen LogP contribution in [0.15, 0.2) is 5.10 Å². The second-order valence-electron chi connectivity index (χ2n) is 6.28. The summed E-state index contributed by atoms with van der Waals surface area (Å²) >= 11 is 0. The number of nitrogens with zero attached hydrogens (tertiary/aromatic N) is 2. The van der Waals surface area contributed by atoms with Crippen LogP contribution in [0.2, 0.25) is 0 Å². The van der Waals surface area contributed by atoms with Crippen molar-refractivity contribution >= 4 is 11.8 Å². The molecule has 4 atom stereocenters. The summed E-state index contributed by atoms with van der Waals surface area (Å²) in [6.07, 6.45) is -0.751. The number of hydrogen-bond acceptors (Lipinski definition) is 5. The first kappa shape index (κ1) is 15.9. The molecule has 1 aliphatic carbocycles. The van der Waals surface area contributed by atoms with Gasteiger partial charge in [-0.1, -0.05) is 6.92 Å². The van der Waals surface area contributed by atoms with E-state index in [-0.39, 0.29) is 24.6 Å². The zero-order valence-corrected chi connectivity index (χ0v) is 12.5. The standard InChI is InChI=1S/C13H22F2N4O2/c1-7-4-9-8(2)21-11(20)12(9,6-13(7,14)15)5-10(18-16)19(3)17/h7-9H,4-6,16-17H2,1-3H3/b18-10-. The van der Waals surface area contributed by atoms with Crippen LogP contribution in [0.1, 0.15) is 33.1 Å². The first-order chi connectivity index (χ1) is 9.64. The fourth-order valence-corrected chi connectivity index (χ4v) is 3.55. The van der Waals surface area contributed by atoms with Crippen LogP contribution in [-0.2, 0) is 9.53 Å². The van der Waals surface area contributed by atoms with Crippen molar-refractivity contribution < 1.29 is 18.3 Å². The molecule has 0 aromatic rings. The number of carbonyl (C=O) groups excluding carboxylic acids is 1. The third-order valence-electron chi connectivity index (χ3n) is 4.89. The summed E-state index contributed by atoms with van der Waals surface area (Å²) in [7, 11) is 1.50. The van der Waals surface area contributed by atoms with Crippen LogP contribution in [0.25, 0.3) is 0 Å². The number of halogens is 2. The minimum Gasteiger partial charge on any atom is -0.462 e. The Morgan fingerprint density at radius 2 is 2.14 bits per heavy atom. The molecule has 120 valence electrons. The summed E-state index contributed by atoms with van der Waals surface area (Å²) in [6.45, 7) is 3.25. The number of alkyl halides is 2. The van der Waals surface area contributed by atoms with Gasteiger partial charge in [0, 0.05) is 31.7 Å². The topological polar surface area (TPSA) is 93.9 Å². The van der Waals surface area contributed by atoms with Crippen molar-refractivity contribution in [1.29, 1.82) is 0 Å². The highest BCUT2D eigenvalue weighted by Gasteiger charge is 2.65. The summed E-state index contributed by atoms with van der Waals surface area (Å²) in [5.41, 5.74) is -1.30. The van der Waals surface area contributed by atoms with Gasteiger partial charge in [0.05, 0.1) is 5.41 Å². The number of rotatable bonds is 2. The largest absolute Gasteiger partial charge is 0.462 e. The van der Waals surface area contributed by atoms with E-state index in [9.17, 15) is 13.6 Å². The number of hydrazone groups is 1. The third-order valence-corrected chi connectivity index (χ3v) is 4.89. The van der Waals surface area contributed by atoms with Gasteiger partial charge >= 0.3 is 5.97 Å². The molecule has 8 heteroatoms. The van der Waals surface area contributed by atoms with Crippen molar-refractivity contribution in [2.24, 2.45) is 34.0 Å². The number of carbonyl (C=O) groups is 1. The first-order valence-corrected chi connectivity index (χ1v) is 6.98. The number of esters is 1. The van der Waals surface area contributed by atoms with E-state index in [1.807, 2.05) is 0 Å². The van der Waals surface area contributed by atoms with Crippen molar-refractivity contribution in [3.63, 3.8) is 0 Å². The van der Waals surface area contributed by atoms with Crippen LogP contribution in [-0.4, -0.2) is 35.9 Å². The molecule has 1 saturated heterocycles. The molecule has 2 rings (SSSR count). The molecule has 1 saturated carbocycles. The van der Waals surface area contributed by atoms with Gasteiger partial charge in [0.2, 0.25) is 0 Å². The fourth-order valence-electron chi connectivity index (χ4n) is 3.55. The molecule has 1 aliphatic heterocycles. The van der Waals surface area contributed by atoms with Crippen molar-refractivity contribution in [2.45, 2.75) is 45.1 Å². The van der Waals surface area contributed by atoms with Crippen LogP contribution < -0.4 is 11.7 Å². The Bertz CT molecular complexity index is 469. The molecule has 0 bridgehead atoms. The maximum atomic E-state index is 14.2. The van der Waals surface area contributed by atoms with Crippen LogP contribution >= 0.6 is 0 Å². The summed E-state index contributed by atoms with van der Waals surface area (Å²) in [4.78, 5) is 12.3. The van der Waals surface area contributed by atoms with Gasteiger partial charge < -0.3 is 15.6 Å². The quantitative estimate of drug-likeness (QED) is 0.262. The lowest BCUT2D eigenvalue weighted by molar-refractivity contribution is -0.163. The summed E-state index contributed by atoms with van der Waals surface area (Å²) in [5.74, 6) is 6.48. The zero-order valence-electron chi connectivity index (χ0n) is 12.5. The molecular weight excluding hydrogens is 282 g/mol. The average Bonchev–Trinajstić information content (AvgIpc) is 2.59. The molecule has 2 fully saturated rings. The predicted octanol–water partition coefficient (Wildman–Crippen LogP) is 1.07. The van der Waals surface area contributed by atoms with Gasteiger partial charge in [-0.2, -0.15) is 5.10 Å². The minimum atomic E-state index is -2.92. The Hall–Kier alpha value is -1.44. The molecule has 4 N–H and O–H groups in total. The monoisotopic (exact) mass is 304 g/mol. The van der Waals surface area contributed by atoms with Gasteiger partial charge in [0.15, 0.2) is 0 Å². The number of fused-ring (bicyclic) bond motifs is 1. The van der Waals surface area contributed by atoms with Gasteiger partial charge in [-0.25, -0.2) is 14.6 Å². The maximum absolute atomic E-state index is 14.2. The van der Waals surface area contributed by atoms with E-state index in [1.54, 1.807) is 6.92 Å². The first-order valence-electron chi connectivity index (χ1n) is 6.98. The van der Waals surface area contributed by atoms with Gasteiger partial charge in [-0.15, -0.1) is 0 Å². The smallest absolute Gasteiger partial charge is 0.313 e. The molecule has 0 aromatic heterocycles. The highest BCUT2D eigenvalue weighted by molar-refractivity contribution is 5.90. The van der Waals surface area contributed by atoms with Crippen molar-refractivity contribution in [1.82, 2.24) is 5.01 Å². The molecule has 21 heavy (non-hydrogen) atoms. The molecule has 6 nitrogen and oxygen atoms in total. The normalized spacial score (nSPS) is 38.9. The number of hydrogen-bond donors (Lipinski definition) is 2. The van der Waals surface area contributed by atoms with E-state index in [1.165, 1.54) is 14.0 Å². The van der Waals surface area contributed by atoms with E-state index in [0.29, 0.717) is 0 Å². The SMILES string of the molecule is CC1OC(=O)C2(C/C(=N/N)N(C)N)CC(F)(F)C(C)CC12. The maximum Gasteiger partial charge on any atom is 0.313 e. The van der Waals surface area contributed by atoms with Crippen molar-refractivity contribution in [3.8, 4) is 0 Å². The summed E-state index contributed by atoms with van der Waals surface area (Å²) in [5, 5.41) is 4.68. The highest BCUT2D eigenvalue weighted by atomic mass is 19.3. The van der Waals surface area contributed by atoms with Crippen LogP contribution in [0.4, 0.5) is 8.78 Å². The molecule has 0 aromatic carbocycles. The molecule has 1 heterocycles. The van der Waals surface area contributed by atoms with E-state index >= 15 is 0 Å². The Morgan fingerprint density at radius 3 is 2.67 bits per heavy atom.